The fourth-order valence-electron chi connectivity index (χ4n) is 2.76. The molecule has 2 N–H and O–H groups in total. The average molecular weight is 403 g/mol. The molecule has 0 unspecified atom stereocenters. The Hall–Kier alpha value is -3.71. The summed E-state index contributed by atoms with van der Waals surface area (Å²) >= 11 is 1.60. The first-order chi connectivity index (χ1) is 14.1. The van der Waals surface area contributed by atoms with E-state index in [9.17, 15) is 9.59 Å². The lowest BCUT2D eigenvalue weighted by molar-refractivity contribution is 0.0993. The van der Waals surface area contributed by atoms with Gasteiger partial charge in [-0.15, -0.1) is 11.3 Å². The number of aromatic nitrogens is 1. The Morgan fingerprint density at radius 1 is 0.931 bits per heavy atom. The van der Waals surface area contributed by atoms with Gasteiger partial charge in [0.05, 0.1) is 17.0 Å². The largest absolute Gasteiger partial charge is 0.459 e. The number of hydrogen-bond acceptors (Lipinski definition) is 5. The summed E-state index contributed by atoms with van der Waals surface area (Å²) in [5, 5.41) is 8.59. The first-order valence-electron chi connectivity index (χ1n) is 8.87. The Labute approximate surface area is 171 Å². The summed E-state index contributed by atoms with van der Waals surface area (Å²) in [6.45, 7) is 1.97. The number of carbonyl (C=O) groups is 2. The molecule has 0 radical (unpaired) electrons. The van der Waals surface area contributed by atoms with Gasteiger partial charge in [-0.3, -0.25) is 9.59 Å². The third-order valence-electron chi connectivity index (χ3n) is 4.19. The molecule has 0 aliphatic rings. The maximum atomic E-state index is 12.6. The molecule has 0 aliphatic carbocycles. The van der Waals surface area contributed by atoms with Crippen molar-refractivity contribution in [3.8, 4) is 11.3 Å². The molecule has 29 heavy (non-hydrogen) atoms. The highest BCUT2D eigenvalue weighted by atomic mass is 32.1. The molecular weight excluding hydrogens is 386 g/mol. The number of thiazole rings is 1. The summed E-state index contributed by atoms with van der Waals surface area (Å²) in [6.07, 6.45) is 1.43. The third-order valence-corrected chi connectivity index (χ3v) is 4.96. The molecule has 2 aromatic carbocycles. The Balaban J connectivity index is 1.44. The molecule has 4 aromatic rings. The average Bonchev–Trinajstić information content (AvgIpc) is 3.41. The molecule has 2 aromatic heterocycles. The van der Waals surface area contributed by atoms with E-state index in [1.165, 1.54) is 6.26 Å². The van der Waals surface area contributed by atoms with E-state index in [1.54, 1.807) is 47.7 Å². The highest BCUT2D eigenvalue weighted by Gasteiger charge is 2.11. The summed E-state index contributed by atoms with van der Waals surface area (Å²) in [5.74, 6) is -0.438. The number of furan rings is 1. The number of nitrogens with one attached hydrogen (secondary N) is 2. The van der Waals surface area contributed by atoms with Crippen molar-refractivity contribution in [3.05, 3.63) is 88.6 Å². The molecule has 7 heteroatoms. The highest BCUT2D eigenvalue weighted by Crippen LogP contribution is 2.23. The van der Waals surface area contributed by atoms with Gasteiger partial charge < -0.3 is 15.1 Å². The van der Waals surface area contributed by atoms with E-state index < -0.39 is 0 Å². The van der Waals surface area contributed by atoms with E-state index in [0.29, 0.717) is 16.9 Å². The Morgan fingerprint density at radius 2 is 1.72 bits per heavy atom. The fourth-order valence-corrected chi connectivity index (χ4v) is 3.38. The van der Waals surface area contributed by atoms with Gasteiger partial charge in [-0.05, 0) is 49.4 Å². The van der Waals surface area contributed by atoms with Crippen LogP contribution in [-0.2, 0) is 0 Å². The van der Waals surface area contributed by atoms with Crippen LogP contribution in [0.5, 0.6) is 0 Å². The minimum Gasteiger partial charge on any atom is -0.459 e. The van der Waals surface area contributed by atoms with Crippen molar-refractivity contribution in [1.82, 2.24) is 4.98 Å². The first-order valence-corrected chi connectivity index (χ1v) is 9.75. The van der Waals surface area contributed by atoms with Crippen LogP contribution in [-0.4, -0.2) is 16.8 Å². The van der Waals surface area contributed by atoms with Crippen molar-refractivity contribution >= 4 is 34.5 Å². The van der Waals surface area contributed by atoms with E-state index in [4.69, 9.17) is 4.42 Å². The van der Waals surface area contributed by atoms with Crippen LogP contribution in [0.25, 0.3) is 11.3 Å². The zero-order valence-electron chi connectivity index (χ0n) is 15.5. The van der Waals surface area contributed by atoms with Crippen LogP contribution in [0.1, 0.15) is 25.9 Å². The zero-order chi connectivity index (χ0) is 20.2. The third kappa shape index (κ3) is 4.41. The van der Waals surface area contributed by atoms with Gasteiger partial charge in [0, 0.05) is 27.9 Å². The number of benzene rings is 2. The van der Waals surface area contributed by atoms with Gasteiger partial charge in [-0.25, -0.2) is 4.98 Å². The van der Waals surface area contributed by atoms with Crippen molar-refractivity contribution in [2.45, 2.75) is 6.92 Å². The van der Waals surface area contributed by atoms with Crippen LogP contribution in [0.3, 0.4) is 0 Å². The lowest BCUT2D eigenvalue weighted by Gasteiger charge is -2.08. The molecule has 2 amide bonds. The topological polar surface area (TPSA) is 84.2 Å². The highest BCUT2D eigenvalue weighted by molar-refractivity contribution is 7.09. The summed E-state index contributed by atoms with van der Waals surface area (Å²) in [4.78, 5) is 29.1. The van der Waals surface area contributed by atoms with E-state index in [2.05, 4.69) is 15.6 Å². The number of anilines is 2. The maximum Gasteiger partial charge on any atom is 0.291 e. The Bertz CT molecular complexity index is 1150. The first kappa shape index (κ1) is 18.6. The monoisotopic (exact) mass is 403 g/mol. The van der Waals surface area contributed by atoms with Crippen LogP contribution >= 0.6 is 11.3 Å². The van der Waals surface area contributed by atoms with Crippen LogP contribution < -0.4 is 10.6 Å². The van der Waals surface area contributed by atoms with Gasteiger partial charge in [0.15, 0.2) is 5.76 Å². The molecule has 0 saturated carbocycles. The second-order valence-corrected chi connectivity index (χ2v) is 7.36. The van der Waals surface area contributed by atoms with Gasteiger partial charge >= 0.3 is 0 Å². The molecular formula is C22H17N3O3S. The Kier molecular flexibility index (Phi) is 5.22. The number of carbonyl (C=O) groups excluding carboxylic acids is 2. The molecule has 0 aliphatic heterocycles. The predicted octanol–water partition coefficient (Wildman–Crippen LogP) is 5.22. The van der Waals surface area contributed by atoms with E-state index in [0.717, 1.165) is 16.3 Å². The second-order valence-electron chi connectivity index (χ2n) is 6.30. The van der Waals surface area contributed by atoms with Crippen LogP contribution in [0.15, 0.2) is 76.7 Å². The van der Waals surface area contributed by atoms with Crippen molar-refractivity contribution in [1.29, 1.82) is 0 Å². The lowest BCUT2D eigenvalue weighted by Crippen LogP contribution is -2.14. The van der Waals surface area contributed by atoms with Crippen molar-refractivity contribution in [3.63, 3.8) is 0 Å². The quantitative estimate of drug-likeness (QED) is 0.479. The molecule has 0 atom stereocenters. The van der Waals surface area contributed by atoms with E-state index in [1.807, 2.05) is 36.6 Å². The minimum atomic E-state index is -0.375. The van der Waals surface area contributed by atoms with Crippen molar-refractivity contribution in [2.75, 3.05) is 10.6 Å². The number of rotatable bonds is 5. The minimum absolute atomic E-state index is 0.204. The van der Waals surface area contributed by atoms with Crippen molar-refractivity contribution < 1.29 is 14.0 Å². The molecule has 0 saturated heterocycles. The van der Waals surface area contributed by atoms with E-state index in [-0.39, 0.29) is 17.6 Å². The molecule has 2 heterocycles. The fraction of sp³-hybridized carbons (Fsp3) is 0.0455. The molecule has 6 nitrogen and oxygen atoms in total. The normalized spacial score (nSPS) is 10.5. The van der Waals surface area contributed by atoms with Crippen LogP contribution in [0, 0.1) is 6.92 Å². The van der Waals surface area contributed by atoms with Crippen molar-refractivity contribution in [2.24, 2.45) is 0 Å². The van der Waals surface area contributed by atoms with Gasteiger partial charge in [-0.2, -0.15) is 0 Å². The van der Waals surface area contributed by atoms with Gasteiger partial charge in [0.25, 0.3) is 11.8 Å². The van der Waals surface area contributed by atoms with Gasteiger partial charge in [-0.1, -0.05) is 18.2 Å². The smallest absolute Gasteiger partial charge is 0.291 e. The van der Waals surface area contributed by atoms with Crippen LogP contribution in [0.2, 0.25) is 0 Å². The number of amides is 2. The lowest BCUT2D eigenvalue weighted by atomic mass is 10.1. The number of aryl methyl sites for hydroxylation is 1. The number of hydrogen-bond donors (Lipinski definition) is 2. The molecule has 0 spiro atoms. The summed E-state index contributed by atoms with van der Waals surface area (Å²) < 4.78 is 5.07. The predicted molar refractivity (Wildman–Crippen MR) is 113 cm³/mol. The van der Waals surface area contributed by atoms with E-state index >= 15 is 0 Å². The SMILES string of the molecule is Cc1nc(-c2ccc(NC(=O)c3cccc(NC(=O)c4ccco4)c3)cc2)cs1. The Morgan fingerprint density at radius 3 is 2.41 bits per heavy atom. The molecule has 144 valence electrons. The molecule has 0 bridgehead atoms. The number of nitrogens with zero attached hydrogens (tertiary/aromatic N) is 1. The summed E-state index contributed by atoms with van der Waals surface area (Å²) in [5.41, 5.74) is 3.53. The summed E-state index contributed by atoms with van der Waals surface area (Å²) in [6, 6.07) is 17.4. The van der Waals surface area contributed by atoms with Gasteiger partial charge in [0.1, 0.15) is 0 Å². The van der Waals surface area contributed by atoms with Crippen LogP contribution in [0.4, 0.5) is 11.4 Å². The second kappa shape index (κ2) is 8.12. The standard InChI is InChI=1S/C22H17N3O3S/c1-14-23-19(13-29-14)15-7-9-17(10-8-15)24-21(26)16-4-2-5-18(12-16)25-22(27)20-6-3-11-28-20/h2-13H,1H3,(H,24,26)(H,25,27). The molecule has 4 rings (SSSR count). The maximum absolute atomic E-state index is 12.6. The molecule has 0 fully saturated rings. The van der Waals surface area contributed by atoms with Gasteiger partial charge in [0.2, 0.25) is 0 Å². The zero-order valence-corrected chi connectivity index (χ0v) is 16.3. The summed E-state index contributed by atoms with van der Waals surface area (Å²) in [7, 11) is 0.